The second kappa shape index (κ2) is 7.51. The van der Waals surface area contributed by atoms with Crippen LogP contribution >= 0.6 is 0 Å². The van der Waals surface area contributed by atoms with E-state index in [2.05, 4.69) is 14.9 Å². The first-order valence-corrected chi connectivity index (χ1v) is 10.6. The van der Waals surface area contributed by atoms with Crippen LogP contribution in [0.25, 0.3) is 11.4 Å². The van der Waals surface area contributed by atoms with Crippen LogP contribution in [0.1, 0.15) is 37.8 Å². The van der Waals surface area contributed by atoms with Gasteiger partial charge in [0, 0.05) is 11.1 Å². The van der Waals surface area contributed by atoms with Crippen LogP contribution in [-0.2, 0) is 15.4 Å². The van der Waals surface area contributed by atoms with Crippen LogP contribution in [0.3, 0.4) is 0 Å². The van der Waals surface area contributed by atoms with Crippen molar-refractivity contribution in [3.63, 3.8) is 0 Å². The van der Waals surface area contributed by atoms with E-state index in [0.717, 1.165) is 11.1 Å². The van der Waals surface area contributed by atoms with Crippen molar-refractivity contribution in [2.45, 2.75) is 44.9 Å². The van der Waals surface area contributed by atoms with Crippen LogP contribution in [0.4, 0.5) is 5.69 Å². The molecule has 0 atom stereocenters. The summed E-state index contributed by atoms with van der Waals surface area (Å²) in [6, 6.07) is 10.1. The molecule has 1 heterocycles. The molecular formula is C21H25N3O4S. The van der Waals surface area contributed by atoms with E-state index < -0.39 is 10.0 Å². The predicted molar refractivity (Wildman–Crippen MR) is 112 cm³/mol. The lowest BCUT2D eigenvalue weighted by molar-refractivity contribution is 0.321. The summed E-state index contributed by atoms with van der Waals surface area (Å²) in [6.07, 6.45) is 0. The molecular weight excluding hydrogens is 390 g/mol. The third kappa shape index (κ3) is 4.59. The van der Waals surface area contributed by atoms with Crippen LogP contribution in [0.2, 0.25) is 0 Å². The predicted octanol–water partition coefficient (Wildman–Crippen LogP) is 4.46. The third-order valence-electron chi connectivity index (χ3n) is 4.26. The Labute approximate surface area is 171 Å². The summed E-state index contributed by atoms with van der Waals surface area (Å²) in [6.45, 7) is 9.70. The van der Waals surface area contributed by atoms with Gasteiger partial charge in [-0.25, -0.2) is 8.42 Å². The Balaban J connectivity index is 2.02. The van der Waals surface area contributed by atoms with Gasteiger partial charge >= 0.3 is 0 Å². The van der Waals surface area contributed by atoms with Gasteiger partial charge in [0.05, 0.1) is 17.6 Å². The minimum absolute atomic E-state index is 0.0783. The highest BCUT2D eigenvalue weighted by Crippen LogP contribution is 2.32. The summed E-state index contributed by atoms with van der Waals surface area (Å²) in [5.41, 5.74) is 2.57. The number of hydrogen-bond donors (Lipinski definition) is 1. The van der Waals surface area contributed by atoms with Crippen molar-refractivity contribution in [2.75, 3.05) is 11.8 Å². The molecule has 3 rings (SSSR count). The summed E-state index contributed by atoms with van der Waals surface area (Å²) >= 11 is 0. The molecule has 0 saturated carbocycles. The standard InChI is InChI=1S/C21H25N3O4S/c1-13-9-14(2)11-15(10-13)24-29(25,26)16-7-8-18(27-6)17(12-16)19-22-20(28-23-19)21(3,4)5/h7-12,24H,1-6H3. The van der Waals surface area contributed by atoms with Gasteiger partial charge in [0.2, 0.25) is 11.7 Å². The molecule has 1 N–H and O–H groups in total. The molecule has 154 valence electrons. The average molecular weight is 416 g/mol. The van der Waals surface area contributed by atoms with Crippen molar-refractivity contribution >= 4 is 15.7 Å². The normalized spacial score (nSPS) is 12.1. The summed E-state index contributed by atoms with van der Waals surface area (Å²) in [4.78, 5) is 4.50. The number of nitrogens with zero attached hydrogens (tertiary/aromatic N) is 2. The molecule has 0 fully saturated rings. The van der Waals surface area contributed by atoms with Gasteiger partial charge in [-0.15, -0.1) is 0 Å². The lowest BCUT2D eigenvalue weighted by Crippen LogP contribution is -2.13. The van der Waals surface area contributed by atoms with Crippen LogP contribution < -0.4 is 9.46 Å². The van der Waals surface area contributed by atoms with Crippen molar-refractivity contribution in [2.24, 2.45) is 0 Å². The van der Waals surface area contributed by atoms with E-state index in [-0.39, 0.29) is 16.1 Å². The minimum Gasteiger partial charge on any atom is -0.496 e. The zero-order valence-corrected chi connectivity index (χ0v) is 18.2. The van der Waals surface area contributed by atoms with E-state index in [1.807, 2.05) is 40.7 Å². The molecule has 0 aliphatic carbocycles. The fourth-order valence-corrected chi connectivity index (χ4v) is 3.98. The monoisotopic (exact) mass is 415 g/mol. The second-order valence-corrected chi connectivity index (χ2v) is 9.70. The van der Waals surface area contributed by atoms with E-state index in [9.17, 15) is 8.42 Å². The number of sulfonamides is 1. The first-order valence-electron chi connectivity index (χ1n) is 9.13. The smallest absolute Gasteiger partial charge is 0.261 e. The number of ether oxygens (including phenoxy) is 1. The maximum absolute atomic E-state index is 13.0. The summed E-state index contributed by atoms with van der Waals surface area (Å²) < 4.78 is 39.3. The molecule has 29 heavy (non-hydrogen) atoms. The SMILES string of the molecule is COc1ccc(S(=O)(=O)Nc2cc(C)cc(C)c2)cc1-c1noc(C(C)(C)C)n1. The molecule has 7 nitrogen and oxygen atoms in total. The van der Waals surface area contributed by atoms with Crippen molar-refractivity contribution in [3.8, 4) is 17.1 Å². The molecule has 3 aromatic rings. The largest absolute Gasteiger partial charge is 0.496 e. The van der Waals surface area contributed by atoms with Crippen molar-refractivity contribution in [3.05, 3.63) is 53.4 Å². The number of methoxy groups -OCH3 is 1. The number of rotatable bonds is 5. The van der Waals surface area contributed by atoms with Crippen LogP contribution in [0.5, 0.6) is 5.75 Å². The molecule has 0 aliphatic heterocycles. The number of hydrogen-bond acceptors (Lipinski definition) is 6. The molecule has 0 saturated heterocycles. The number of anilines is 1. The van der Waals surface area contributed by atoms with E-state index in [4.69, 9.17) is 9.26 Å². The molecule has 2 aromatic carbocycles. The maximum Gasteiger partial charge on any atom is 0.261 e. The summed E-state index contributed by atoms with van der Waals surface area (Å²) in [7, 11) is -2.31. The highest BCUT2D eigenvalue weighted by molar-refractivity contribution is 7.92. The minimum atomic E-state index is -3.82. The van der Waals surface area contributed by atoms with Gasteiger partial charge in [-0.2, -0.15) is 4.98 Å². The molecule has 0 radical (unpaired) electrons. The van der Waals surface area contributed by atoms with Gasteiger partial charge in [0.25, 0.3) is 10.0 Å². The number of nitrogens with one attached hydrogen (secondary N) is 1. The van der Waals surface area contributed by atoms with Crippen molar-refractivity contribution < 1.29 is 17.7 Å². The second-order valence-electron chi connectivity index (χ2n) is 8.02. The molecule has 0 bridgehead atoms. The lowest BCUT2D eigenvalue weighted by atomic mass is 9.97. The Morgan fingerprint density at radius 3 is 2.24 bits per heavy atom. The van der Waals surface area contributed by atoms with Gasteiger partial charge in [0.15, 0.2) is 0 Å². The Kier molecular flexibility index (Phi) is 5.40. The zero-order valence-electron chi connectivity index (χ0n) is 17.4. The molecule has 0 spiro atoms. The van der Waals surface area contributed by atoms with E-state index >= 15 is 0 Å². The summed E-state index contributed by atoms with van der Waals surface area (Å²) in [5, 5.41) is 4.01. The van der Waals surface area contributed by atoms with Gasteiger partial charge in [-0.1, -0.05) is 32.0 Å². The highest BCUT2D eigenvalue weighted by atomic mass is 32.2. The van der Waals surface area contributed by atoms with Crippen LogP contribution in [0, 0.1) is 13.8 Å². The molecule has 8 heteroatoms. The number of aryl methyl sites for hydroxylation is 2. The molecule has 0 unspecified atom stereocenters. The van der Waals surface area contributed by atoms with Gasteiger partial charge in [0.1, 0.15) is 5.75 Å². The van der Waals surface area contributed by atoms with Crippen molar-refractivity contribution in [1.29, 1.82) is 0 Å². The Morgan fingerprint density at radius 1 is 1.03 bits per heavy atom. The molecule has 0 amide bonds. The Bertz CT molecular complexity index is 1120. The first-order chi connectivity index (χ1) is 13.5. The average Bonchev–Trinajstić information content (AvgIpc) is 3.10. The highest BCUT2D eigenvalue weighted by Gasteiger charge is 2.25. The van der Waals surface area contributed by atoms with E-state index in [1.54, 1.807) is 18.2 Å². The maximum atomic E-state index is 13.0. The third-order valence-corrected chi connectivity index (χ3v) is 5.64. The topological polar surface area (TPSA) is 94.3 Å². The fraction of sp³-hybridized carbons (Fsp3) is 0.333. The first kappa shape index (κ1) is 20.9. The van der Waals surface area contributed by atoms with Gasteiger partial charge in [-0.3, -0.25) is 4.72 Å². The van der Waals surface area contributed by atoms with Crippen LogP contribution in [0.15, 0.2) is 45.8 Å². The zero-order chi connectivity index (χ0) is 21.4. The molecule has 0 aliphatic rings. The Hall–Kier alpha value is -2.87. The quantitative estimate of drug-likeness (QED) is 0.661. The number of benzene rings is 2. The lowest BCUT2D eigenvalue weighted by Gasteiger charge is -2.12. The summed E-state index contributed by atoms with van der Waals surface area (Å²) in [5.74, 6) is 1.18. The van der Waals surface area contributed by atoms with Crippen LogP contribution in [-0.4, -0.2) is 25.7 Å². The van der Waals surface area contributed by atoms with E-state index in [1.165, 1.54) is 19.2 Å². The van der Waals surface area contributed by atoms with Crippen molar-refractivity contribution in [1.82, 2.24) is 10.1 Å². The molecule has 1 aromatic heterocycles. The van der Waals surface area contributed by atoms with Gasteiger partial charge in [-0.05, 0) is 55.3 Å². The Morgan fingerprint density at radius 2 is 1.69 bits per heavy atom. The van der Waals surface area contributed by atoms with E-state index in [0.29, 0.717) is 22.9 Å². The number of aromatic nitrogens is 2. The fourth-order valence-electron chi connectivity index (χ4n) is 2.91. The van der Waals surface area contributed by atoms with Gasteiger partial charge < -0.3 is 9.26 Å².